The molecule has 3 N–H and O–H groups in total. The van der Waals surface area contributed by atoms with E-state index in [1.165, 1.54) is 16.7 Å². The van der Waals surface area contributed by atoms with Crippen LogP contribution in [0.25, 0.3) is 22.3 Å². The minimum atomic E-state index is -1.20. The minimum absolute atomic E-state index is 0.0962. The molecule has 1 fully saturated rings. The number of carbonyl (C=O) groups is 3. The molecule has 0 spiro atoms. The number of ether oxygens (including phenoxy) is 1. The fourth-order valence-electron chi connectivity index (χ4n) is 4.09. The highest BCUT2D eigenvalue weighted by Gasteiger charge is 2.55. The number of para-hydroxylation sites is 2. The Morgan fingerprint density at radius 1 is 1.21 bits per heavy atom. The molecule has 0 bridgehead atoms. The number of H-pyrrole nitrogens is 1. The van der Waals surface area contributed by atoms with E-state index in [0.717, 1.165) is 0 Å². The number of rotatable bonds is 7. The quantitative estimate of drug-likeness (QED) is 0.341. The predicted octanol–water partition coefficient (Wildman–Crippen LogP) is 1.34. The zero-order chi connectivity index (χ0) is 23.8. The number of carboxylic acids is 1. The number of nitrogens with one attached hydrogen (secondary N) is 2. The number of carboxylic acid groups (broad SMARTS) is 1. The van der Waals surface area contributed by atoms with Gasteiger partial charge in [-0.05, 0) is 29.7 Å². The Morgan fingerprint density at radius 3 is 2.76 bits per heavy atom. The Labute approximate surface area is 196 Å². The van der Waals surface area contributed by atoms with Gasteiger partial charge in [0.25, 0.3) is 5.56 Å². The molecule has 3 unspecified atom stereocenters. The van der Waals surface area contributed by atoms with Crippen LogP contribution < -0.4 is 15.6 Å². The van der Waals surface area contributed by atoms with Gasteiger partial charge in [-0.1, -0.05) is 24.3 Å². The van der Waals surface area contributed by atoms with Crippen molar-refractivity contribution in [2.75, 3.05) is 6.61 Å². The lowest BCUT2D eigenvalue weighted by molar-refractivity contribution is -0.159. The SMILES string of the molecule is O=CNC1C(=O)N2C(C(=O)O)C(COc3ccccc3-c3nc4ccccc4c(=O)[nH]3)=CSC12. The molecule has 3 atom stereocenters. The number of aromatic amines is 1. The van der Waals surface area contributed by atoms with Crippen molar-refractivity contribution < 1.29 is 24.2 Å². The van der Waals surface area contributed by atoms with E-state index in [-0.39, 0.29) is 12.2 Å². The summed E-state index contributed by atoms with van der Waals surface area (Å²) >= 11 is 1.25. The van der Waals surface area contributed by atoms with Crippen molar-refractivity contribution in [1.82, 2.24) is 20.2 Å². The van der Waals surface area contributed by atoms with Gasteiger partial charge in [-0.3, -0.25) is 14.4 Å². The van der Waals surface area contributed by atoms with Crippen LogP contribution in [0.5, 0.6) is 5.75 Å². The first-order valence-corrected chi connectivity index (χ1v) is 11.2. The number of β-lactam (4-membered cyclic amide) rings is 1. The molecule has 0 aliphatic carbocycles. The van der Waals surface area contributed by atoms with Crippen LogP contribution in [0.2, 0.25) is 0 Å². The van der Waals surface area contributed by atoms with Crippen molar-refractivity contribution >= 4 is 41.0 Å². The van der Waals surface area contributed by atoms with E-state index in [4.69, 9.17) is 4.74 Å². The molecule has 3 aromatic rings. The van der Waals surface area contributed by atoms with E-state index in [1.807, 2.05) is 0 Å². The van der Waals surface area contributed by atoms with Gasteiger partial charge >= 0.3 is 5.97 Å². The summed E-state index contributed by atoms with van der Waals surface area (Å²) < 4.78 is 5.96. The molecule has 0 saturated carbocycles. The lowest BCUT2D eigenvalue weighted by Crippen LogP contribution is -2.73. The molecule has 2 aliphatic heterocycles. The first-order valence-electron chi connectivity index (χ1n) is 10.3. The van der Waals surface area contributed by atoms with Crippen LogP contribution in [-0.2, 0) is 14.4 Å². The van der Waals surface area contributed by atoms with Crippen LogP contribution in [-0.4, -0.2) is 62.3 Å². The van der Waals surface area contributed by atoms with Crippen LogP contribution in [0.15, 0.2) is 64.3 Å². The molecule has 5 rings (SSSR count). The summed E-state index contributed by atoms with van der Waals surface area (Å²) in [4.78, 5) is 56.2. The average molecular weight is 478 g/mol. The van der Waals surface area contributed by atoms with Crippen LogP contribution >= 0.6 is 11.8 Å². The van der Waals surface area contributed by atoms with E-state index in [1.54, 1.807) is 53.9 Å². The molecule has 34 heavy (non-hydrogen) atoms. The number of aliphatic carboxylic acids is 1. The third-order valence-corrected chi connectivity index (χ3v) is 6.92. The highest BCUT2D eigenvalue weighted by Crippen LogP contribution is 2.40. The van der Waals surface area contributed by atoms with Gasteiger partial charge in [-0.2, -0.15) is 0 Å². The van der Waals surface area contributed by atoms with Gasteiger partial charge in [0.1, 0.15) is 29.6 Å². The molecule has 10 nitrogen and oxygen atoms in total. The van der Waals surface area contributed by atoms with Crippen molar-refractivity contribution in [2.24, 2.45) is 0 Å². The lowest BCUT2D eigenvalue weighted by Gasteiger charge is -2.50. The molecule has 2 aliphatic rings. The van der Waals surface area contributed by atoms with Crippen molar-refractivity contribution in [3.8, 4) is 17.1 Å². The number of aromatic nitrogens is 2. The highest BCUT2D eigenvalue weighted by atomic mass is 32.2. The maximum absolute atomic E-state index is 12.5. The second-order valence-electron chi connectivity index (χ2n) is 7.68. The molecule has 2 aromatic carbocycles. The number of hydrogen-bond acceptors (Lipinski definition) is 7. The van der Waals surface area contributed by atoms with Crippen LogP contribution in [0, 0.1) is 0 Å². The van der Waals surface area contributed by atoms with Crippen molar-refractivity contribution in [3.63, 3.8) is 0 Å². The smallest absolute Gasteiger partial charge is 0.330 e. The Bertz CT molecular complexity index is 1400. The number of carbonyl (C=O) groups excluding carboxylic acids is 2. The van der Waals surface area contributed by atoms with E-state index in [2.05, 4.69) is 15.3 Å². The van der Waals surface area contributed by atoms with Crippen LogP contribution in [0.1, 0.15) is 0 Å². The molecule has 2 amide bonds. The third-order valence-electron chi connectivity index (χ3n) is 5.70. The van der Waals surface area contributed by atoms with Crippen LogP contribution in [0.4, 0.5) is 0 Å². The number of hydrogen-bond donors (Lipinski definition) is 3. The molecule has 0 radical (unpaired) electrons. The summed E-state index contributed by atoms with van der Waals surface area (Å²) in [6, 6.07) is 12.0. The number of fused-ring (bicyclic) bond motifs is 2. The highest BCUT2D eigenvalue weighted by molar-refractivity contribution is 8.02. The topological polar surface area (TPSA) is 142 Å². The Hall–Kier alpha value is -4.12. The van der Waals surface area contributed by atoms with Gasteiger partial charge in [0.05, 0.1) is 16.5 Å². The van der Waals surface area contributed by atoms with Gasteiger partial charge in [0.2, 0.25) is 12.3 Å². The maximum Gasteiger partial charge on any atom is 0.330 e. The number of thioether (sulfide) groups is 1. The summed E-state index contributed by atoms with van der Waals surface area (Å²) in [6.45, 7) is -0.0962. The zero-order valence-electron chi connectivity index (χ0n) is 17.5. The third kappa shape index (κ3) is 3.59. The van der Waals surface area contributed by atoms with Gasteiger partial charge in [0, 0.05) is 5.57 Å². The molecule has 172 valence electrons. The number of nitrogens with zero attached hydrogens (tertiary/aromatic N) is 2. The number of amides is 2. The molecule has 1 aromatic heterocycles. The molecule has 11 heteroatoms. The van der Waals surface area contributed by atoms with E-state index >= 15 is 0 Å². The Morgan fingerprint density at radius 2 is 1.97 bits per heavy atom. The first-order chi connectivity index (χ1) is 16.5. The van der Waals surface area contributed by atoms with Gasteiger partial charge in [0.15, 0.2) is 6.04 Å². The predicted molar refractivity (Wildman–Crippen MR) is 124 cm³/mol. The lowest BCUT2D eigenvalue weighted by atomic mass is 9.98. The largest absolute Gasteiger partial charge is 0.488 e. The summed E-state index contributed by atoms with van der Waals surface area (Å²) in [5, 5.41) is 13.9. The maximum atomic E-state index is 12.5. The van der Waals surface area contributed by atoms with Crippen molar-refractivity contribution in [2.45, 2.75) is 17.5 Å². The first kappa shape index (κ1) is 21.7. The minimum Gasteiger partial charge on any atom is -0.488 e. The molecular formula is C23H18N4O6S. The van der Waals surface area contributed by atoms with Gasteiger partial charge in [-0.25, -0.2) is 9.78 Å². The van der Waals surface area contributed by atoms with Crippen LogP contribution in [0.3, 0.4) is 0 Å². The fourth-order valence-corrected chi connectivity index (χ4v) is 5.31. The molecular weight excluding hydrogens is 460 g/mol. The second-order valence-corrected chi connectivity index (χ2v) is 8.68. The standard InChI is InChI=1S/C23H18N4O6S/c28-11-24-17-21(30)27-18(23(31)32)12(10-34-22(17)27)9-33-16-8-4-2-6-14(16)19-25-15-7-3-1-5-13(15)20(29)26-19/h1-8,10-11,17-18,22H,9H2,(H,24,28)(H,31,32)(H,25,26,29). The second kappa shape index (κ2) is 8.67. The van der Waals surface area contributed by atoms with Gasteiger partial charge in [-0.15, -0.1) is 11.8 Å². The summed E-state index contributed by atoms with van der Waals surface area (Å²) in [5.41, 5.74) is 1.18. The summed E-state index contributed by atoms with van der Waals surface area (Å²) in [6.07, 6.45) is 0.431. The van der Waals surface area contributed by atoms with Gasteiger partial charge < -0.3 is 25.0 Å². The average Bonchev–Trinajstić information content (AvgIpc) is 2.85. The van der Waals surface area contributed by atoms with E-state index in [0.29, 0.717) is 40.0 Å². The molecule has 3 heterocycles. The van der Waals surface area contributed by atoms with Crippen molar-refractivity contribution in [1.29, 1.82) is 0 Å². The Kier molecular flexibility index (Phi) is 5.54. The normalized spacial score (nSPS) is 21.3. The summed E-state index contributed by atoms with van der Waals surface area (Å²) in [7, 11) is 0. The van der Waals surface area contributed by atoms with E-state index < -0.39 is 29.3 Å². The monoisotopic (exact) mass is 478 g/mol. The Balaban J connectivity index is 1.42. The zero-order valence-corrected chi connectivity index (χ0v) is 18.3. The summed E-state index contributed by atoms with van der Waals surface area (Å²) in [5.74, 6) is -0.928. The fraction of sp³-hybridized carbons (Fsp3) is 0.174. The molecule has 1 saturated heterocycles. The number of benzene rings is 2. The van der Waals surface area contributed by atoms with Crippen molar-refractivity contribution in [3.05, 3.63) is 69.9 Å². The van der Waals surface area contributed by atoms with E-state index in [9.17, 15) is 24.3 Å².